The summed E-state index contributed by atoms with van der Waals surface area (Å²) in [7, 11) is 0. The fourth-order valence-electron chi connectivity index (χ4n) is 2.42. The summed E-state index contributed by atoms with van der Waals surface area (Å²) in [4.78, 5) is 1.42. The van der Waals surface area contributed by atoms with Gasteiger partial charge in [0.2, 0.25) is 0 Å². The van der Waals surface area contributed by atoms with Crippen LogP contribution in [0, 0.1) is 13.8 Å². The fraction of sp³-hybridized carbons (Fsp3) is 0.412. The van der Waals surface area contributed by atoms with Crippen molar-refractivity contribution in [1.82, 2.24) is 5.32 Å². The Balaban J connectivity index is 2.24. The van der Waals surface area contributed by atoms with E-state index in [-0.39, 0.29) is 0 Å². The summed E-state index contributed by atoms with van der Waals surface area (Å²) in [6.45, 7) is 7.70. The highest BCUT2D eigenvalue weighted by Crippen LogP contribution is 2.29. The van der Waals surface area contributed by atoms with Gasteiger partial charge >= 0.3 is 0 Å². The van der Waals surface area contributed by atoms with Crippen LogP contribution in [0.2, 0.25) is 0 Å². The highest BCUT2D eigenvalue weighted by molar-refractivity contribution is 9.11. The lowest BCUT2D eigenvalue weighted by Gasteiger charge is -2.21. The van der Waals surface area contributed by atoms with Gasteiger partial charge in [-0.15, -0.1) is 11.3 Å². The summed E-state index contributed by atoms with van der Waals surface area (Å²) >= 11 is 5.39. The van der Waals surface area contributed by atoms with E-state index < -0.39 is 0 Å². The van der Waals surface area contributed by atoms with E-state index in [1.54, 1.807) is 0 Å². The highest BCUT2D eigenvalue weighted by atomic mass is 79.9. The number of thiophene rings is 1. The first-order chi connectivity index (χ1) is 9.61. The van der Waals surface area contributed by atoms with Gasteiger partial charge in [0.05, 0.1) is 3.79 Å². The number of hydrogen-bond donors (Lipinski definition) is 1. The molecular weight excluding hydrogens is 330 g/mol. The summed E-state index contributed by atoms with van der Waals surface area (Å²) < 4.78 is 1.21. The zero-order chi connectivity index (χ0) is 14.5. The molecule has 2 rings (SSSR count). The average molecular weight is 352 g/mol. The molecule has 0 saturated heterocycles. The first-order valence-electron chi connectivity index (χ1n) is 7.15. The molecule has 0 spiro atoms. The van der Waals surface area contributed by atoms with Gasteiger partial charge in [0.25, 0.3) is 0 Å². The Hall–Kier alpha value is -0.640. The minimum Gasteiger partial charge on any atom is -0.310 e. The second-order valence-corrected chi connectivity index (χ2v) is 7.75. The molecule has 1 nitrogen and oxygen atoms in total. The smallest absolute Gasteiger partial charge is 0.0701 e. The van der Waals surface area contributed by atoms with Gasteiger partial charge in [-0.1, -0.05) is 25.1 Å². The molecule has 1 aromatic carbocycles. The number of aryl methyl sites for hydroxylation is 1. The van der Waals surface area contributed by atoms with E-state index in [1.165, 1.54) is 25.4 Å². The normalized spacial score (nSPS) is 12.6. The molecule has 1 aromatic heterocycles. The molecule has 0 aliphatic rings. The second kappa shape index (κ2) is 7.39. The predicted molar refractivity (Wildman–Crippen MR) is 92.7 cm³/mol. The number of halogens is 1. The van der Waals surface area contributed by atoms with E-state index in [9.17, 15) is 0 Å². The average Bonchev–Trinajstić information content (AvgIpc) is 2.83. The molecule has 1 heterocycles. The highest BCUT2D eigenvalue weighted by Gasteiger charge is 2.15. The van der Waals surface area contributed by atoms with Gasteiger partial charge in [-0.3, -0.25) is 0 Å². The second-order valence-electron chi connectivity index (χ2n) is 5.21. The van der Waals surface area contributed by atoms with E-state index in [4.69, 9.17) is 0 Å². The Labute approximate surface area is 134 Å². The largest absolute Gasteiger partial charge is 0.310 e. The molecule has 3 heteroatoms. The van der Waals surface area contributed by atoms with Crippen molar-refractivity contribution in [2.75, 3.05) is 6.54 Å². The Morgan fingerprint density at radius 1 is 1.20 bits per heavy atom. The maximum atomic E-state index is 3.70. The topological polar surface area (TPSA) is 12.0 Å². The van der Waals surface area contributed by atoms with Crippen molar-refractivity contribution in [3.05, 3.63) is 55.7 Å². The molecule has 1 atom stereocenters. The van der Waals surface area contributed by atoms with Gasteiger partial charge < -0.3 is 5.32 Å². The van der Waals surface area contributed by atoms with Gasteiger partial charge in [0.1, 0.15) is 0 Å². The van der Waals surface area contributed by atoms with E-state index in [1.807, 2.05) is 11.3 Å². The summed E-state index contributed by atoms with van der Waals surface area (Å²) in [5, 5.41) is 3.70. The third-order valence-electron chi connectivity index (χ3n) is 3.70. The molecule has 20 heavy (non-hydrogen) atoms. The molecule has 1 N–H and O–H groups in total. The minimum atomic E-state index is 0.403. The number of rotatable bonds is 6. The molecule has 0 aliphatic heterocycles. The third kappa shape index (κ3) is 3.94. The van der Waals surface area contributed by atoms with Crippen molar-refractivity contribution in [3.8, 4) is 0 Å². The van der Waals surface area contributed by atoms with Gasteiger partial charge in [0, 0.05) is 17.3 Å². The standard InChI is InChI=1S/C17H22BrNS/c1-4-10-19-16(11-14-8-9-17(18)20-14)15-7-5-6-12(2)13(15)3/h5-9,16,19H,4,10-11H2,1-3H3. The van der Waals surface area contributed by atoms with Crippen LogP contribution in [0.3, 0.4) is 0 Å². The van der Waals surface area contributed by atoms with E-state index in [0.29, 0.717) is 6.04 Å². The molecule has 108 valence electrons. The van der Waals surface area contributed by atoms with Crippen molar-refractivity contribution in [2.24, 2.45) is 0 Å². The van der Waals surface area contributed by atoms with Crippen LogP contribution in [0.5, 0.6) is 0 Å². The molecule has 0 aliphatic carbocycles. The summed E-state index contributed by atoms with van der Waals surface area (Å²) in [6, 6.07) is 11.4. The van der Waals surface area contributed by atoms with Crippen LogP contribution in [0.4, 0.5) is 0 Å². The first-order valence-corrected chi connectivity index (χ1v) is 8.76. The molecule has 2 aromatic rings. The van der Waals surface area contributed by atoms with Crippen LogP contribution in [0.25, 0.3) is 0 Å². The quantitative estimate of drug-likeness (QED) is 0.733. The zero-order valence-electron chi connectivity index (χ0n) is 12.4. The Morgan fingerprint density at radius 3 is 2.65 bits per heavy atom. The van der Waals surface area contributed by atoms with E-state index >= 15 is 0 Å². The van der Waals surface area contributed by atoms with Crippen LogP contribution in [-0.2, 0) is 6.42 Å². The van der Waals surface area contributed by atoms with E-state index in [0.717, 1.165) is 19.4 Å². The van der Waals surface area contributed by atoms with Crippen LogP contribution in [-0.4, -0.2) is 6.54 Å². The summed E-state index contributed by atoms with van der Waals surface area (Å²) in [6.07, 6.45) is 2.22. The Bertz CT molecular complexity index is 562. The number of hydrogen-bond acceptors (Lipinski definition) is 2. The first kappa shape index (κ1) is 15.7. The fourth-order valence-corrected chi connectivity index (χ4v) is 3.95. The van der Waals surface area contributed by atoms with Crippen LogP contribution in [0.15, 0.2) is 34.1 Å². The van der Waals surface area contributed by atoms with E-state index in [2.05, 4.69) is 72.3 Å². The maximum absolute atomic E-state index is 3.70. The van der Waals surface area contributed by atoms with Crippen molar-refractivity contribution in [1.29, 1.82) is 0 Å². The van der Waals surface area contributed by atoms with Crippen LogP contribution in [0.1, 0.15) is 41.0 Å². The van der Waals surface area contributed by atoms with Crippen molar-refractivity contribution >= 4 is 27.3 Å². The van der Waals surface area contributed by atoms with Crippen LogP contribution < -0.4 is 5.32 Å². The Morgan fingerprint density at radius 2 is 2.00 bits per heavy atom. The molecular formula is C17H22BrNS. The lowest BCUT2D eigenvalue weighted by Crippen LogP contribution is -2.24. The molecule has 0 amide bonds. The monoisotopic (exact) mass is 351 g/mol. The van der Waals surface area contributed by atoms with Crippen molar-refractivity contribution < 1.29 is 0 Å². The Kier molecular flexibility index (Phi) is 5.82. The molecule has 0 radical (unpaired) electrons. The molecule has 0 saturated carbocycles. The lowest BCUT2D eigenvalue weighted by atomic mass is 9.95. The van der Waals surface area contributed by atoms with Crippen LogP contribution >= 0.6 is 27.3 Å². The van der Waals surface area contributed by atoms with Crippen molar-refractivity contribution in [2.45, 2.75) is 39.7 Å². The third-order valence-corrected chi connectivity index (χ3v) is 5.34. The minimum absolute atomic E-state index is 0.403. The lowest BCUT2D eigenvalue weighted by molar-refractivity contribution is 0.530. The van der Waals surface area contributed by atoms with Gasteiger partial charge in [-0.2, -0.15) is 0 Å². The summed E-state index contributed by atoms with van der Waals surface area (Å²) in [5.74, 6) is 0. The molecule has 0 bridgehead atoms. The molecule has 1 unspecified atom stereocenters. The summed E-state index contributed by atoms with van der Waals surface area (Å²) in [5.41, 5.74) is 4.22. The predicted octanol–water partition coefficient (Wildman–Crippen LogP) is 5.41. The number of benzene rings is 1. The zero-order valence-corrected chi connectivity index (χ0v) is 14.8. The van der Waals surface area contributed by atoms with Crippen molar-refractivity contribution in [3.63, 3.8) is 0 Å². The number of nitrogens with one attached hydrogen (secondary N) is 1. The molecule has 0 fully saturated rings. The van der Waals surface area contributed by atoms with Gasteiger partial charge in [0.15, 0.2) is 0 Å². The van der Waals surface area contributed by atoms with Gasteiger partial charge in [-0.05, 0) is 71.6 Å². The maximum Gasteiger partial charge on any atom is 0.0701 e. The SMILES string of the molecule is CCCNC(Cc1ccc(Br)s1)c1cccc(C)c1C. The van der Waals surface area contributed by atoms with Gasteiger partial charge in [-0.25, -0.2) is 0 Å².